The number of rotatable bonds is 9. The second kappa shape index (κ2) is 9.65. The van der Waals surface area contributed by atoms with E-state index in [1.54, 1.807) is 20.4 Å². The van der Waals surface area contributed by atoms with Crippen LogP contribution in [0.3, 0.4) is 0 Å². The Hall–Kier alpha value is -2.76. The molecule has 1 heterocycles. The first kappa shape index (κ1) is 19.6. The molecule has 0 bridgehead atoms. The number of aromatic nitrogens is 1. The quantitative estimate of drug-likeness (QED) is 0.697. The van der Waals surface area contributed by atoms with Crippen LogP contribution in [0.2, 0.25) is 0 Å². The summed E-state index contributed by atoms with van der Waals surface area (Å²) >= 11 is 0. The highest BCUT2D eigenvalue weighted by Gasteiger charge is 2.10. The molecule has 0 unspecified atom stereocenters. The number of hydrogen-bond acceptors (Lipinski definition) is 5. The summed E-state index contributed by atoms with van der Waals surface area (Å²) in [5, 5.41) is 2.90. The van der Waals surface area contributed by atoms with E-state index in [0.717, 1.165) is 34.1 Å². The maximum atomic E-state index is 12.0. The smallest absolute Gasteiger partial charge is 0.220 e. The van der Waals surface area contributed by atoms with Crippen molar-refractivity contribution in [2.24, 2.45) is 0 Å². The van der Waals surface area contributed by atoms with E-state index in [0.29, 0.717) is 26.0 Å². The van der Waals surface area contributed by atoms with Gasteiger partial charge in [0.2, 0.25) is 5.91 Å². The van der Waals surface area contributed by atoms with Gasteiger partial charge in [-0.3, -0.25) is 9.78 Å². The molecule has 1 aromatic carbocycles. The van der Waals surface area contributed by atoms with Gasteiger partial charge in [0, 0.05) is 23.7 Å². The predicted molar refractivity (Wildman–Crippen MR) is 99.8 cm³/mol. The largest absolute Gasteiger partial charge is 0.497 e. The molecule has 0 aliphatic carbocycles. The zero-order chi connectivity index (χ0) is 18.9. The van der Waals surface area contributed by atoms with E-state index in [-0.39, 0.29) is 5.91 Å². The van der Waals surface area contributed by atoms with Gasteiger partial charge in [0.25, 0.3) is 0 Å². The third kappa shape index (κ3) is 5.37. The van der Waals surface area contributed by atoms with Crippen LogP contribution in [0, 0.1) is 13.8 Å². The van der Waals surface area contributed by atoms with Gasteiger partial charge in [0.15, 0.2) is 0 Å². The van der Waals surface area contributed by atoms with Crippen LogP contribution in [-0.2, 0) is 11.3 Å². The van der Waals surface area contributed by atoms with E-state index < -0.39 is 0 Å². The van der Waals surface area contributed by atoms with Crippen molar-refractivity contribution in [2.75, 3.05) is 20.8 Å². The molecule has 1 N–H and O–H groups in total. The number of ether oxygens (including phenoxy) is 3. The Balaban J connectivity index is 1.72. The van der Waals surface area contributed by atoms with Gasteiger partial charge in [-0.25, -0.2) is 0 Å². The number of carbonyl (C=O) groups is 1. The summed E-state index contributed by atoms with van der Waals surface area (Å²) in [7, 11) is 3.26. The van der Waals surface area contributed by atoms with E-state index in [1.165, 1.54) is 0 Å². The standard InChI is InChI=1S/C20H26N2O4/c1-14-12-21-18(15(2)20(14)25-4)13-22-19(23)6-5-11-26-17-9-7-16(24-3)8-10-17/h7-10,12H,5-6,11,13H2,1-4H3,(H,22,23). The van der Waals surface area contributed by atoms with Crippen molar-refractivity contribution >= 4 is 5.91 Å². The molecule has 6 heteroatoms. The summed E-state index contributed by atoms with van der Waals surface area (Å²) in [6, 6.07) is 7.37. The van der Waals surface area contributed by atoms with Crippen LogP contribution in [0.15, 0.2) is 30.5 Å². The number of nitrogens with zero attached hydrogens (tertiary/aromatic N) is 1. The van der Waals surface area contributed by atoms with Gasteiger partial charge >= 0.3 is 0 Å². The second-order valence-electron chi connectivity index (χ2n) is 5.95. The highest BCUT2D eigenvalue weighted by molar-refractivity contribution is 5.75. The van der Waals surface area contributed by atoms with Crippen LogP contribution in [0.5, 0.6) is 17.2 Å². The first-order chi connectivity index (χ1) is 12.5. The highest BCUT2D eigenvalue weighted by atomic mass is 16.5. The number of methoxy groups -OCH3 is 2. The first-order valence-electron chi connectivity index (χ1n) is 8.57. The molecule has 26 heavy (non-hydrogen) atoms. The van der Waals surface area contributed by atoms with Crippen LogP contribution in [0.4, 0.5) is 0 Å². The molecule has 0 aliphatic heterocycles. The van der Waals surface area contributed by atoms with E-state index in [4.69, 9.17) is 14.2 Å². The number of nitrogens with one attached hydrogen (secondary N) is 1. The summed E-state index contributed by atoms with van der Waals surface area (Å²) in [4.78, 5) is 16.4. The van der Waals surface area contributed by atoms with Crippen molar-refractivity contribution in [3.63, 3.8) is 0 Å². The molecular formula is C20H26N2O4. The summed E-state index contributed by atoms with van der Waals surface area (Å²) in [6.45, 7) is 4.77. The van der Waals surface area contributed by atoms with Crippen molar-refractivity contribution in [3.05, 3.63) is 47.3 Å². The first-order valence-corrected chi connectivity index (χ1v) is 8.57. The summed E-state index contributed by atoms with van der Waals surface area (Å²) < 4.78 is 16.1. The normalized spacial score (nSPS) is 10.3. The Morgan fingerprint density at radius 1 is 1.08 bits per heavy atom. The van der Waals surface area contributed by atoms with Gasteiger partial charge in [0.05, 0.1) is 33.1 Å². The van der Waals surface area contributed by atoms with Crippen molar-refractivity contribution in [3.8, 4) is 17.2 Å². The van der Waals surface area contributed by atoms with Gasteiger partial charge in [-0.15, -0.1) is 0 Å². The van der Waals surface area contributed by atoms with Gasteiger partial charge in [-0.1, -0.05) is 0 Å². The molecule has 1 aromatic heterocycles. The lowest BCUT2D eigenvalue weighted by Gasteiger charge is -2.13. The maximum Gasteiger partial charge on any atom is 0.220 e. The van der Waals surface area contributed by atoms with Gasteiger partial charge in [0.1, 0.15) is 17.2 Å². The Kier molecular flexibility index (Phi) is 7.26. The molecule has 0 saturated carbocycles. The molecule has 0 spiro atoms. The topological polar surface area (TPSA) is 69.7 Å². The van der Waals surface area contributed by atoms with E-state index in [2.05, 4.69) is 10.3 Å². The zero-order valence-corrected chi connectivity index (χ0v) is 15.8. The minimum absolute atomic E-state index is 0.0240. The van der Waals surface area contributed by atoms with Crippen molar-refractivity contribution in [1.29, 1.82) is 0 Å². The van der Waals surface area contributed by atoms with Gasteiger partial charge in [-0.05, 0) is 44.5 Å². The van der Waals surface area contributed by atoms with Gasteiger partial charge in [-0.2, -0.15) is 0 Å². The van der Waals surface area contributed by atoms with Crippen LogP contribution < -0.4 is 19.5 Å². The molecule has 140 valence electrons. The fourth-order valence-corrected chi connectivity index (χ4v) is 2.61. The van der Waals surface area contributed by atoms with Crippen LogP contribution in [-0.4, -0.2) is 31.7 Å². The zero-order valence-electron chi connectivity index (χ0n) is 15.8. The van der Waals surface area contributed by atoms with Crippen molar-refractivity contribution < 1.29 is 19.0 Å². The predicted octanol–water partition coefficient (Wildman–Crippen LogP) is 3.19. The lowest BCUT2D eigenvalue weighted by molar-refractivity contribution is -0.121. The average molecular weight is 358 g/mol. The number of amides is 1. The summed E-state index contributed by atoms with van der Waals surface area (Å²) in [6.07, 6.45) is 2.80. The Bertz CT molecular complexity index is 729. The summed E-state index contributed by atoms with van der Waals surface area (Å²) in [5.74, 6) is 2.34. The lowest BCUT2D eigenvalue weighted by atomic mass is 10.1. The van der Waals surface area contributed by atoms with Crippen LogP contribution >= 0.6 is 0 Å². The average Bonchev–Trinajstić information content (AvgIpc) is 2.65. The second-order valence-corrected chi connectivity index (χ2v) is 5.95. The Labute approximate surface area is 154 Å². The SMILES string of the molecule is COc1ccc(OCCCC(=O)NCc2ncc(C)c(OC)c2C)cc1. The van der Waals surface area contributed by atoms with Crippen LogP contribution in [0.1, 0.15) is 29.7 Å². The number of carbonyl (C=O) groups excluding carboxylic acids is 1. The molecule has 1 amide bonds. The molecule has 2 rings (SSSR count). The Morgan fingerprint density at radius 2 is 1.77 bits per heavy atom. The molecule has 0 saturated heterocycles. The third-order valence-electron chi connectivity index (χ3n) is 4.08. The molecule has 2 aromatic rings. The maximum absolute atomic E-state index is 12.0. The fourth-order valence-electron chi connectivity index (χ4n) is 2.61. The number of hydrogen-bond donors (Lipinski definition) is 1. The van der Waals surface area contributed by atoms with Crippen LogP contribution in [0.25, 0.3) is 0 Å². The molecule has 0 aliphatic rings. The van der Waals surface area contributed by atoms with Crippen molar-refractivity contribution in [2.45, 2.75) is 33.2 Å². The monoisotopic (exact) mass is 358 g/mol. The van der Waals surface area contributed by atoms with E-state index in [1.807, 2.05) is 38.1 Å². The molecule has 0 radical (unpaired) electrons. The number of aryl methyl sites for hydroxylation is 1. The number of benzene rings is 1. The molecular weight excluding hydrogens is 332 g/mol. The molecule has 0 atom stereocenters. The molecule has 0 fully saturated rings. The Morgan fingerprint density at radius 3 is 2.42 bits per heavy atom. The number of pyridine rings is 1. The minimum Gasteiger partial charge on any atom is -0.497 e. The van der Waals surface area contributed by atoms with E-state index in [9.17, 15) is 4.79 Å². The van der Waals surface area contributed by atoms with Gasteiger partial charge < -0.3 is 19.5 Å². The summed E-state index contributed by atoms with van der Waals surface area (Å²) in [5.41, 5.74) is 2.75. The highest BCUT2D eigenvalue weighted by Crippen LogP contribution is 2.23. The third-order valence-corrected chi connectivity index (χ3v) is 4.08. The minimum atomic E-state index is -0.0240. The van der Waals surface area contributed by atoms with E-state index >= 15 is 0 Å². The fraction of sp³-hybridized carbons (Fsp3) is 0.400. The molecule has 6 nitrogen and oxygen atoms in total. The van der Waals surface area contributed by atoms with Crippen molar-refractivity contribution in [1.82, 2.24) is 10.3 Å². The lowest BCUT2D eigenvalue weighted by Crippen LogP contribution is -2.24.